The number of hydrogen-bond acceptors (Lipinski definition) is 4. The van der Waals surface area contributed by atoms with E-state index in [4.69, 9.17) is 4.74 Å². The normalized spacial score (nSPS) is 16.8. The van der Waals surface area contributed by atoms with Gasteiger partial charge in [-0.25, -0.2) is 17.2 Å². The monoisotopic (exact) mass is 438 g/mol. The third kappa shape index (κ3) is 5.03. The number of carbonyl (C=O) groups excluding carboxylic acids is 1. The first-order valence-electron chi connectivity index (χ1n) is 9.61. The van der Waals surface area contributed by atoms with Gasteiger partial charge >= 0.3 is 0 Å². The largest absolute Gasteiger partial charge is 0.377 e. The molecule has 30 heavy (non-hydrogen) atoms. The summed E-state index contributed by atoms with van der Waals surface area (Å²) in [6, 6.07) is 7.79. The first kappa shape index (κ1) is 22.3. The number of benzene rings is 2. The molecule has 1 saturated heterocycles. The molecule has 1 atom stereocenters. The van der Waals surface area contributed by atoms with Crippen molar-refractivity contribution in [3.05, 3.63) is 59.2 Å². The second kappa shape index (κ2) is 9.20. The third-order valence-corrected chi connectivity index (χ3v) is 6.97. The number of rotatable bonds is 7. The molecule has 162 valence electrons. The Hall–Kier alpha value is -2.36. The molecule has 6 nitrogen and oxygen atoms in total. The molecule has 2 aromatic rings. The van der Waals surface area contributed by atoms with Crippen LogP contribution < -0.4 is 5.32 Å². The number of anilines is 1. The van der Waals surface area contributed by atoms with Crippen molar-refractivity contribution >= 4 is 21.6 Å². The van der Waals surface area contributed by atoms with E-state index in [0.29, 0.717) is 24.8 Å². The van der Waals surface area contributed by atoms with Gasteiger partial charge in [-0.3, -0.25) is 4.79 Å². The molecule has 0 spiro atoms. The molecule has 1 N–H and O–H groups in total. The second-order valence-electron chi connectivity index (χ2n) is 7.30. The van der Waals surface area contributed by atoms with Crippen molar-refractivity contribution in [1.82, 2.24) is 4.31 Å². The highest BCUT2D eigenvalue weighted by Crippen LogP contribution is 2.23. The molecular formula is C21H24F2N2O4S. The zero-order valence-electron chi connectivity index (χ0n) is 16.8. The maximum atomic E-state index is 13.6. The van der Waals surface area contributed by atoms with E-state index in [-0.39, 0.29) is 12.6 Å². The minimum absolute atomic E-state index is 0.0540. The Morgan fingerprint density at radius 3 is 2.63 bits per heavy atom. The molecule has 1 unspecified atom stereocenters. The fourth-order valence-corrected chi connectivity index (χ4v) is 4.73. The van der Waals surface area contributed by atoms with E-state index in [0.717, 1.165) is 34.0 Å². The summed E-state index contributed by atoms with van der Waals surface area (Å²) in [5.74, 6) is -2.95. The minimum atomic E-state index is -4.25. The molecule has 2 aromatic carbocycles. The van der Waals surface area contributed by atoms with Crippen LogP contribution in [0.1, 0.15) is 24.0 Å². The van der Waals surface area contributed by atoms with E-state index in [2.05, 4.69) is 5.32 Å². The number of halogens is 2. The average molecular weight is 438 g/mol. The fraction of sp³-hybridized carbons (Fsp3) is 0.381. The Labute approximate surface area is 174 Å². The van der Waals surface area contributed by atoms with Crippen molar-refractivity contribution in [2.75, 3.05) is 25.0 Å². The lowest BCUT2D eigenvalue weighted by Crippen LogP contribution is -2.42. The van der Waals surface area contributed by atoms with E-state index >= 15 is 0 Å². The van der Waals surface area contributed by atoms with Gasteiger partial charge in [-0.1, -0.05) is 12.1 Å². The smallest absolute Gasteiger partial charge is 0.243 e. The lowest BCUT2D eigenvalue weighted by molar-refractivity contribution is -0.116. The summed E-state index contributed by atoms with van der Waals surface area (Å²) in [5, 5.41) is 2.73. The molecule has 0 bridgehead atoms. The summed E-state index contributed by atoms with van der Waals surface area (Å²) < 4.78 is 59.6. The molecule has 9 heteroatoms. The van der Waals surface area contributed by atoms with Crippen LogP contribution >= 0.6 is 0 Å². The number of ether oxygens (including phenoxy) is 1. The molecule has 1 amide bonds. The van der Waals surface area contributed by atoms with Crippen molar-refractivity contribution in [3.63, 3.8) is 0 Å². The molecule has 0 aliphatic carbocycles. The highest BCUT2D eigenvalue weighted by molar-refractivity contribution is 7.89. The van der Waals surface area contributed by atoms with Crippen molar-refractivity contribution in [3.8, 4) is 0 Å². The minimum Gasteiger partial charge on any atom is -0.377 e. The molecule has 1 fully saturated rings. The Bertz CT molecular complexity index is 1040. The lowest BCUT2D eigenvalue weighted by atomic mass is 10.1. The molecule has 1 aliphatic rings. The van der Waals surface area contributed by atoms with Crippen LogP contribution in [0.5, 0.6) is 0 Å². The van der Waals surface area contributed by atoms with Gasteiger partial charge in [-0.15, -0.1) is 0 Å². The SMILES string of the molecule is Cc1cccc(NC(=O)CN(CC2CCCO2)S(=O)(=O)c2ccc(F)c(F)c2)c1C. The van der Waals surface area contributed by atoms with Gasteiger partial charge in [-0.2, -0.15) is 4.31 Å². The van der Waals surface area contributed by atoms with Crippen LogP contribution in [0.25, 0.3) is 0 Å². The molecule has 1 heterocycles. The predicted molar refractivity (Wildman–Crippen MR) is 109 cm³/mol. The summed E-state index contributed by atoms with van der Waals surface area (Å²) in [6.07, 6.45) is 1.08. The number of hydrogen-bond donors (Lipinski definition) is 1. The van der Waals surface area contributed by atoms with Crippen LogP contribution in [-0.2, 0) is 19.6 Å². The molecule has 0 radical (unpaired) electrons. The number of nitrogens with zero attached hydrogens (tertiary/aromatic N) is 1. The zero-order chi connectivity index (χ0) is 21.9. The van der Waals surface area contributed by atoms with E-state index in [1.807, 2.05) is 19.9 Å². The molecular weight excluding hydrogens is 414 g/mol. The Balaban J connectivity index is 1.85. The van der Waals surface area contributed by atoms with Gasteiger partial charge in [0.2, 0.25) is 15.9 Å². The third-order valence-electron chi connectivity index (χ3n) is 5.16. The topological polar surface area (TPSA) is 75.7 Å². The summed E-state index contributed by atoms with van der Waals surface area (Å²) >= 11 is 0. The first-order valence-corrected chi connectivity index (χ1v) is 11.1. The van der Waals surface area contributed by atoms with Crippen molar-refractivity contribution in [2.24, 2.45) is 0 Å². The van der Waals surface area contributed by atoms with Gasteiger partial charge in [0.15, 0.2) is 11.6 Å². The fourth-order valence-electron chi connectivity index (χ4n) is 3.29. The van der Waals surface area contributed by atoms with Gasteiger partial charge in [-0.05, 0) is 62.1 Å². The number of nitrogens with one attached hydrogen (secondary N) is 1. The summed E-state index contributed by atoms with van der Waals surface area (Å²) in [7, 11) is -4.25. The van der Waals surface area contributed by atoms with E-state index in [1.54, 1.807) is 12.1 Å². The quantitative estimate of drug-likeness (QED) is 0.719. The van der Waals surface area contributed by atoms with Crippen molar-refractivity contribution in [1.29, 1.82) is 0 Å². The Morgan fingerprint density at radius 2 is 1.97 bits per heavy atom. The van der Waals surface area contributed by atoms with Crippen LogP contribution in [0.15, 0.2) is 41.3 Å². The number of amides is 1. The molecule has 3 rings (SSSR count). The van der Waals surface area contributed by atoms with Gasteiger partial charge in [0.1, 0.15) is 0 Å². The van der Waals surface area contributed by atoms with Crippen molar-refractivity contribution in [2.45, 2.75) is 37.7 Å². The number of carbonyl (C=O) groups is 1. The van der Waals surface area contributed by atoms with Crippen LogP contribution in [-0.4, -0.2) is 44.4 Å². The standard InChI is InChI=1S/C21H24F2N2O4S/c1-14-5-3-7-20(15(14)2)24-21(26)13-25(12-16-6-4-10-29-16)30(27,28)17-8-9-18(22)19(23)11-17/h3,5,7-9,11,16H,4,6,10,12-13H2,1-2H3,(H,24,26). The van der Waals surface area contributed by atoms with Crippen LogP contribution in [0.3, 0.4) is 0 Å². The highest BCUT2D eigenvalue weighted by atomic mass is 32.2. The van der Waals surface area contributed by atoms with Gasteiger partial charge in [0.05, 0.1) is 17.5 Å². The summed E-state index contributed by atoms with van der Waals surface area (Å²) in [5.41, 5.74) is 2.45. The molecule has 0 aromatic heterocycles. The number of aryl methyl sites for hydroxylation is 1. The molecule has 1 aliphatic heterocycles. The van der Waals surface area contributed by atoms with Crippen LogP contribution in [0, 0.1) is 25.5 Å². The zero-order valence-corrected chi connectivity index (χ0v) is 17.6. The Kier molecular flexibility index (Phi) is 6.84. The summed E-state index contributed by atoms with van der Waals surface area (Å²) in [6.45, 7) is 3.74. The van der Waals surface area contributed by atoms with Gasteiger partial charge in [0.25, 0.3) is 0 Å². The van der Waals surface area contributed by atoms with E-state index in [1.165, 1.54) is 0 Å². The van der Waals surface area contributed by atoms with E-state index in [9.17, 15) is 22.0 Å². The maximum Gasteiger partial charge on any atom is 0.243 e. The van der Waals surface area contributed by atoms with Gasteiger partial charge < -0.3 is 10.1 Å². The highest BCUT2D eigenvalue weighted by Gasteiger charge is 2.31. The maximum absolute atomic E-state index is 13.6. The summed E-state index contributed by atoms with van der Waals surface area (Å²) in [4.78, 5) is 12.2. The second-order valence-corrected chi connectivity index (χ2v) is 9.24. The lowest BCUT2D eigenvalue weighted by Gasteiger charge is -2.24. The van der Waals surface area contributed by atoms with E-state index < -0.39 is 39.0 Å². The van der Waals surface area contributed by atoms with Crippen molar-refractivity contribution < 1.29 is 26.7 Å². The predicted octanol–water partition coefficient (Wildman–Crippen LogP) is 3.39. The number of sulfonamides is 1. The van der Waals surface area contributed by atoms with Gasteiger partial charge in [0, 0.05) is 18.8 Å². The first-order chi connectivity index (χ1) is 14.2. The van der Waals surface area contributed by atoms with Crippen LogP contribution in [0.4, 0.5) is 14.5 Å². The van der Waals surface area contributed by atoms with Crippen LogP contribution in [0.2, 0.25) is 0 Å². The average Bonchev–Trinajstić information content (AvgIpc) is 3.20. The Morgan fingerprint density at radius 1 is 1.20 bits per heavy atom. The molecule has 0 saturated carbocycles.